The molecule has 2 aliphatic carbocycles. The van der Waals surface area contributed by atoms with Crippen LogP contribution in [-0.2, 0) is 9.59 Å². The SMILES string of the molecule is CCC(CC)NC(=O)C1CN(CC(=O)N(C2CC2)C(C)C2CC2)c2ccccc2O1. The van der Waals surface area contributed by atoms with Crippen LogP contribution >= 0.6 is 0 Å². The van der Waals surface area contributed by atoms with Crippen molar-refractivity contribution in [2.24, 2.45) is 5.92 Å². The molecule has 0 saturated heterocycles. The molecule has 1 aliphatic heterocycles. The molecule has 0 aromatic heterocycles. The Morgan fingerprint density at radius 1 is 1.17 bits per heavy atom. The van der Waals surface area contributed by atoms with Crippen molar-refractivity contribution in [3.05, 3.63) is 24.3 Å². The third-order valence-electron chi connectivity index (χ3n) is 6.78. The number of fused-ring (bicyclic) bond motifs is 1. The van der Waals surface area contributed by atoms with E-state index in [0.717, 1.165) is 31.4 Å². The van der Waals surface area contributed by atoms with Crippen molar-refractivity contribution in [2.45, 2.75) is 83.5 Å². The minimum Gasteiger partial charge on any atom is -0.477 e. The van der Waals surface area contributed by atoms with Crippen molar-refractivity contribution < 1.29 is 14.3 Å². The Bertz CT molecular complexity index is 771. The standard InChI is InChI=1S/C24H35N3O3/c1-4-18(5-2)25-24(29)22-14-26(20-8-6-7-9-21(20)30-22)15-23(28)27(19-12-13-19)16(3)17-10-11-17/h6-9,16-19,22H,4-5,10-15H2,1-3H3,(H,25,29). The molecule has 30 heavy (non-hydrogen) atoms. The van der Waals surface area contributed by atoms with Gasteiger partial charge in [0, 0.05) is 18.1 Å². The summed E-state index contributed by atoms with van der Waals surface area (Å²) in [6.07, 6.45) is 5.87. The quantitative estimate of drug-likeness (QED) is 0.674. The molecule has 2 unspecified atom stereocenters. The van der Waals surface area contributed by atoms with E-state index in [1.807, 2.05) is 29.2 Å². The Labute approximate surface area is 179 Å². The van der Waals surface area contributed by atoms with E-state index in [0.29, 0.717) is 36.8 Å². The number of anilines is 1. The van der Waals surface area contributed by atoms with Crippen molar-refractivity contribution in [1.82, 2.24) is 10.2 Å². The molecule has 2 fully saturated rings. The van der Waals surface area contributed by atoms with Gasteiger partial charge in [0.15, 0.2) is 6.10 Å². The van der Waals surface area contributed by atoms with E-state index in [9.17, 15) is 9.59 Å². The van der Waals surface area contributed by atoms with Gasteiger partial charge in [-0.25, -0.2) is 0 Å². The zero-order valence-electron chi connectivity index (χ0n) is 18.5. The van der Waals surface area contributed by atoms with Gasteiger partial charge in [-0.1, -0.05) is 26.0 Å². The van der Waals surface area contributed by atoms with E-state index in [1.165, 1.54) is 12.8 Å². The zero-order chi connectivity index (χ0) is 21.3. The van der Waals surface area contributed by atoms with Gasteiger partial charge in [-0.2, -0.15) is 0 Å². The third-order valence-corrected chi connectivity index (χ3v) is 6.78. The minimum absolute atomic E-state index is 0.0963. The number of ether oxygens (including phenoxy) is 1. The van der Waals surface area contributed by atoms with E-state index in [1.54, 1.807) is 0 Å². The molecule has 2 amide bonds. The molecule has 0 spiro atoms. The molecule has 6 heteroatoms. The molecule has 0 bridgehead atoms. The molecule has 6 nitrogen and oxygen atoms in total. The number of nitrogens with one attached hydrogen (secondary N) is 1. The molecule has 1 aromatic carbocycles. The number of carbonyl (C=O) groups excluding carboxylic acids is 2. The van der Waals surface area contributed by atoms with Gasteiger partial charge in [0.25, 0.3) is 5.91 Å². The highest BCUT2D eigenvalue weighted by molar-refractivity contribution is 5.86. The van der Waals surface area contributed by atoms with Crippen LogP contribution in [0.1, 0.15) is 59.3 Å². The molecule has 1 N–H and O–H groups in total. The summed E-state index contributed by atoms with van der Waals surface area (Å²) >= 11 is 0. The topological polar surface area (TPSA) is 61.9 Å². The van der Waals surface area contributed by atoms with E-state index in [-0.39, 0.29) is 17.9 Å². The van der Waals surface area contributed by atoms with Crippen molar-refractivity contribution in [3.8, 4) is 5.75 Å². The van der Waals surface area contributed by atoms with Crippen LogP contribution < -0.4 is 15.0 Å². The Hall–Kier alpha value is -2.24. The second kappa shape index (κ2) is 8.86. The Kier molecular flexibility index (Phi) is 6.21. The number of nitrogens with zero attached hydrogens (tertiary/aromatic N) is 2. The first-order chi connectivity index (χ1) is 14.5. The summed E-state index contributed by atoms with van der Waals surface area (Å²) < 4.78 is 6.03. The summed E-state index contributed by atoms with van der Waals surface area (Å²) in [5.41, 5.74) is 0.896. The highest BCUT2D eigenvalue weighted by Gasteiger charge is 2.42. The maximum Gasteiger partial charge on any atom is 0.263 e. The van der Waals surface area contributed by atoms with Gasteiger partial charge in [-0.3, -0.25) is 9.59 Å². The smallest absolute Gasteiger partial charge is 0.263 e. The average Bonchev–Trinajstić information content (AvgIpc) is 3.65. The van der Waals surface area contributed by atoms with Gasteiger partial charge in [0.05, 0.1) is 18.8 Å². The number of benzene rings is 1. The van der Waals surface area contributed by atoms with Gasteiger partial charge in [0.2, 0.25) is 5.91 Å². The van der Waals surface area contributed by atoms with Gasteiger partial charge >= 0.3 is 0 Å². The maximum absolute atomic E-state index is 13.4. The van der Waals surface area contributed by atoms with Crippen LogP contribution in [-0.4, -0.2) is 54.0 Å². The third kappa shape index (κ3) is 4.57. The van der Waals surface area contributed by atoms with Crippen LogP contribution in [0.25, 0.3) is 0 Å². The molecule has 3 aliphatic rings. The van der Waals surface area contributed by atoms with Crippen LogP contribution in [0.4, 0.5) is 5.69 Å². The van der Waals surface area contributed by atoms with Gasteiger partial charge in [0.1, 0.15) is 5.75 Å². The summed E-state index contributed by atoms with van der Waals surface area (Å²) in [6, 6.07) is 8.59. The summed E-state index contributed by atoms with van der Waals surface area (Å²) in [7, 11) is 0. The summed E-state index contributed by atoms with van der Waals surface area (Å²) in [5, 5.41) is 3.10. The fraction of sp³-hybridized carbons (Fsp3) is 0.667. The number of hydrogen-bond donors (Lipinski definition) is 1. The number of rotatable bonds is 9. The predicted molar refractivity (Wildman–Crippen MR) is 118 cm³/mol. The van der Waals surface area contributed by atoms with Crippen molar-refractivity contribution in [2.75, 3.05) is 18.0 Å². The fourth-order valence-electron chi connectivity index (χ4n) is 4.55. The maximum atomic E-state index is 13.4. The highest BCUT2D eigenvalue weighted by Crippen LogP contribution is 2.40. The first-order valence-corrected chi connectivity index (χ1v) is 11.6. The fourth-order valence-corrected chi connectivity index (χ4v) is 4.55. The summed E-state index contributed by atoms with van der Waals surface area (Å²) in [5.74, 6) is 1.41. The van der Waals surface area contributed by atoms with E-state index in [2.05, 4.69) is 31.0 Å². The largest absolute Gasteiger partial charge is 0.477 e. The van der Waals surface area contributed by atoms with Crippen molar-refractivity contribution in [1.29, 1.82) is 0 Å². The molecule has 0 radical (unpaired) electrons. The van der Waals surface area contributed by atoms with Crippen molar-refractivity contribution in [3.63, 3.8) is 0 Å². The summed E-state index contributed by atoms with van der Waals surface area (Å²) in [4.78, 5) is 30.4. The monoisotopic (exact) mass is 413 g/mol. The molecule has 1 aromatic rings. The Balaban J connectivity index is 1.49. The van der Waals surface area contributed by atoms with Crippen LogP contribution in [0.3, 0.4) is 0 Å². The minimum atomic E-state index is -0.608. The molecule has 4 rings (SSSR count). The normalized spacial score (nSPS) is 21.6. The van der Waals surface area contributed by atoms with E-state index >= 15 is 0 Å². The summed E-state index contributed by atoms with van der Waals surface area (Å²) in [6.45, 7) is 7.04. The molecule has 2 saturated carbocycles. The number of hydrogen-bond acceptors (Lipinski definition) is 4. The van der Waals surface area contributed by atoms with Crippen LogP contribution in [0.15, 0.2) is 24.3 Å². The molecule has 164 valence electrons. The Morgan fingerprint density at radius 3 is 2.50 bits per heavy atom. The Morgan fingerprint density at radius 2 is 1.87 bits per heavy atom. The zero-order valence-corrected chi connectivity index (χ0v) is 18.5. The lowest BCUT2D eigenvalue weighted by molar-refractivity contribution is -0.133. The van der Waals surface area contributed by atoms with E-state index in [4.69, 9.17) is 4.74 Å². The molecular formula is C24H35N3O3. The van der Waals surface area contributed by atoms with Gasteiger partial charge < -0.3 is 19.9 Å². The van der Waals surface area contributed by atoms with E-state index < -0.39 is 6.10 Å². The molecule has 2 atom stereocenters. The van der Waals surface area contributed by atoms with Crippen LogP contribution in [0.2, 0.25) is 0 Å². The molecular weight excluding hydrogens is 378 g/mol. The number of para-hydroxylation sites is 2. The number of amides is 2. The van der Waals surface area contributed by atoms with Crippen LogP contribution in [0, 0.1) is 5.92 Å². The second-order valence-corrected chi connectivity index (χ2v) is 9.09. The van der Waals surface area contributed by atoms with Crippen molar-refractivity contribution >= 4 is 17.5 Å². The van der Waals surface area contributed by atoms with Crippen LogP contribution in [0.5, 0.6) is 5.75 Å². The highest BCUT2D eigenvalue weighted by atomic mass is 16.5. The lowest BCUT2D eigenvalue weighted by Gasteiger charge is -2.38. The number of carbonyl (C=O) groups is 2. The first-order valence-electron chi connectivity index (χ1n) is 11.6. The average molecular weight is 414 g/mol. The first kappa shape index (κ1) is 21.0. The van der Waals surface area contributed by atoms with Gasteiger partial charge in [-0.05, 0) is 63.5 Å². The second-order valence-electron chi connectivity index (χ2n) is 9.09. The van der Waals surface area contributed by atoms with Gasteiger partial charge in [-0.15, -0.1) is 0 Å². The predicted octanol–water partition coefficient (Wildman–Crippen LogP) is 3.35. The lowest BCUT2D eigenvalue weighted by atomic mass is 10.1. The lowest BCUT2D eigenvalue weighted by Crippen LogP contribution is -2.54. The molecule has 1 heterocycles.